The maximum Gasteiger partial charge on any atom is 0.450 e. The maximum atomic E-state index is 11.9. The second kappa shape index (κ2) is 6.68. The van der Waals surface area contributed by atoms with E-state index in [-0.39, 0.29) is 0 Å². The zero-order valence-electron chi connectivity index (χ0n) is 9.79. The van der Waals surface area contributed by atoms with Gasteiger partial charge in [0.15, 0.2) is 0 Å². The fraction of sp³-hybridized carbons (Fsp3) is 0.417. The number of aryl methyl sites for hydroxylation is 1. The van der Waals surface area contributed by atoms with Crippen molar-refractivity contribution in [2.45, 2.75) is 12.6 Å². The molecule has 1 aromatic rings. The molecule has 0 heterocycles. The van der Waals surface area contributed by atoms with Crippen molar-refractivity contribution in [2.75, 3.05) is 18.6 Å². The molecular weight excluding hydrogens is 265 g/mol. The zero-order valence-corrected chi connectivity index (χ0v) is 10.6. The van der Waals surface area contributed by atoms with Crippen LogP contribution in [0, 0.1) is 0 Å². The largest absolute Gasteiger partial charge is 0.497 e. The topological polar surface area (TPSA) is 26.3 Å². The summed E-state index contributed by atoms with van der Waals surface area (Å²) in [5.41, 5.74) is 1.00. The number of ether oxygens (including phenoxy) is 1. The van der Waals surface area contributed by atoms with E-state index in [0.717, 1.165) is 23.1 Å². The normalized spacial score (nSPS) is 11.3. The van der Waals surface area contributed by atoms with E-state index in [9.17, 15) is 18.0 Å². The Labute approximate surface area is 108 Å². The van der Waals surface area contributed by atoms with Crippen LogP contribution in [-0.4, -0.2) is 30.6 Å². The highest BCUT2D eigenvalue weighted by molar-refractivity contribution is 7.99. The minimum atomic E-state index is -4.72. The number of carbonyl (C=O) groups is 1. The van der Waals surface area contributed by atoms with Crippen LogP contribution in [0.25, 0.3) is 0 Å². The highest BCUT2D eigenvalue weighted by Crippen LogP contribution is 2.19. The third-order valence-electron chi connectivity index (χ3n) is 2.24. The Kier molecular flexibility index (Phi) is 5.53. The lowest BCUT2D eigenvalue weighted by Gasteiger charge is -2.05. The Hall–Kier alpha value is -1.17. The molecule has 0 unspecified atom stereocenters. The Balaban J connectivity index is 2.27. The third kappa shape index (κ3) is 5.00. The van der Waals surface area contributed by atoms with Gasteiger partial charge in [-0.25, -0.2) is 0 Å². The van der Waals surface area contributed by atoms with Gasteiger partial charge in [-0.1, -0.05) is 12.1 Å². The van der Waals surface area contributed by atoms with Gasteiger partial charge in [0.2, 0.25) is 5.78 Å². The first-order chi connectivity index (χ1) is 8.43. The first-order valence-corrected chi connectivity index (χ1v) is 6.39. The van der Waals surface area contributed by atoms with Gasteiger partial charge >= 0.3 is 6.18 Å². The van der Waals surface area contributed by atoms with Crippen LogP contribution in [0.15, 0.2) is 24.3 Å². The lowest BCUT2D eigenvalue weighted by Crippen LogP contribution is -2.24. The standard InChI is InChI=1S/C12H13F3O2S/c1-17-10-4-2-9(3-5-10)6-7-18-8-11(16)12(13,14)15/h2-5H,6-8H2,1H3. The predicted molar refractivity (Wildman–Crippen MR) is 65.1 cm³/mol. The Morgan fingerprint density at radius 2 is 1.89 bits per heavy atom. The lowest BCUT2D eigenvalue weighted by atomic mass is 10.2. The Morgan fingerprint density at radius 1 is 1.28 bits per heavy atom. The number of methoxy groups -OCH3 is 1. The van der Waals surface area contributed by atoms with Gasteiger partial charge in [-0.3, -0.25) is 4.79 Å². The molecule has 0 saturated carbocycles. The van der Waals surface area contributed by atoms with Crippen LogP contribution in [0.1, 0.15) is 5.56 Å². The van der Waals surface area contributed by atoms with E-state index in [1.165, 1.54) is 0 Å². The minimum Gasteiger partial charge on any atom is -0.497 e. The van der Waals surface area contributed by atoms with Crippen LogP contribution < -0.4 is 4.74 Å². The predicted octanol–water partition coefficient (Wildman–Crippen LogP) is 3.10. The second-order valence-electron chi connectivity index (χ2n) is 3.57. The van der Waals surface area contributed by atoms with Gasteiger partial charge in [0.25, 0.3) is 0 Å². The molecule has 1 aromatic carbocycles. The van der Waals surface area contributed by atoms with Crippen LogP contribution in [0.4, 0.5) is 13.2 Å². The molecule has 0 spiro atoms. The average molecular weight is 278 g/mol. The minimum absolute atomic E-state index is 0.480. The van der Waals surface area contributed by atoms with Crippen LogP contribution >= 0.6 is 11.8 Å². The summed E-state index contributed by atoms with van der Waals surface area (Å²) < 4.78 is 40.7. The van der Waals surface area contributed by atoms with Crippen molar-refractivity contribution in [1.29, 1.82) is 0 Å². The molecule has 0 bridgehead atoms. The maximum absolute atomic E-state index is 11.9. The number of Topliss-reactive ketones (excluding diaryl/α,β-unsaturated/α-hetero) is 1. The molecule has 0 amide bonds. The SMILES string of the molecule is COc1ccc(CCSCC(=O)C(F)(F)F)cc1. The number of rotatable bonds is 6. The molecule has 0 aliphatic carbocycles. The summed E-state index contributed by atoms with van der Waals surface area (Å²) in [6, 6.07) is 7.29. The van der Waals surface area contributed by atoms with E-state index in [1.807, 2.05) is 12.1 Å². The van der Waals surface area contributed by atoms with Gasteiger partial charge in [0, 0.05) is 0 Å². The van der Waals surface area contributed by atoms with Crippen molar-refractivity contribution in [3.63, 3.8) is 0 Å². The summed E-state index contributed by atoms with van der Waals surface area (Å²) in [5, 5.41) is 0. The average Bonchev–Trinajstić information content (AvgIpc) is 2.34. The summed E-state index contributed by atoms with van der Waals surface area (Å²) in [5.74, 6) is -0.978. The van der Waals surface area contributed by atoms with Gasteiger partial charge in [-0.05, 0) is 29.9 Å². The first kappa shape index (κ1) is 14.9. The quantitative estimate of drug-likeness (QED) is 0.748. The van der Waals surface area contributed by atoms with Crippen LogP contribution in [0.5, 0.6) is 5.75 Å². The fourth-order valence-corrected chi connectivity index (χ4v) is 2.10. The van der Waals surface area contributed by atoms with E-state index >= 15 is 0 Å². The number of benzene rings is 1. The van der Waals surface area contributed by atoms with Gasteiger partial charge < -0.3 is 4.74 Å². The molecule has 2 nitrogen and oxygen atoms in total. The smallest absolute Gasteiger partial charge is 0.450 e. The Morgan fingerprint density at radius 3 is 2.39 bits per heavy atom. The first-order valence-electron chi connectivity index (χ1n) is 5.24. The molecule has 1 rings (SSSR count). The van der Waals surface area contributed by atoms with Gasteiger partial charge in [-0.2, -0.15) is 24.9 Å². The number of ketones is 1. The van der Waals surface area contributed by atoms with Crippen molar-refractivity contribution in [3.05, 3.63) is 29.8 Å². The van der Waals surface area contributed by atoms with E-state index in [2.05, 4.69) is 0 Å². The number of alkyl halides is 3. The van der Waals surface area contributed by atoms with Crippen molar-refractivity contribution in [1.82, 2.24) is 0 Å². The highest BCUT2D eigenvalue weighted by Gasteiger charge is 2.37. The molecule has 0 N–H and O–H groups in total. The number of hydrogen-bond acceptors (Lipinski definition) is 3. The van der Waals surface area contributed by atoms with Crippen LogP contribution in [-0.2, 0) is 11.2 Å². The van der Waals surface area contributed by atoms with E-state index in [0.29, 0.717) is 12.2 Å². The van der Waals surface area contributed by atoms with Crippen LogP contribution in [0.2, 0.25) is 0 Å². The van der Waals surface area contributed by atoms with E-state index < -0.39 is 17.7 Å². The molecule has 0 aromatic heterocycles. The van der Waals surface area contributed by atoms with Crippen LogP contribution in [0.3, 0.4) is 0 Å². The lowest BCUT2D eigenvalue weighted by molar-refractivity contribution is -0.167. The molecule has 0 radical (unpaired) electrons. The Bertz CT molecular complexity index is 387. The molecule has 0 fully saturated rings. The third-order valence-corrected chi connectivity index (χ3v) is 3.20. The van der Waals surface area contributed by atoms with Gasteiger partial charge in [0.1, 0.15) is 5.75 Å². The monoisotopic (exact) mass is 278 g/mol. The molecule has 0 atom stereocenters. The van der Waals surface area contributed by atoms with Gasteiger partial charge in [-0.15, -0.1) is 0 Å². The number of carbonyl (C=O) groups excluding carboxylic acids is 1. The second-order valence-corrected chi connectivity index (χ2v) is 4.68. The van der Waals surface area contributed by atoms with E-state index in [4.69, 9.17) is 4.74 Å². The van der Waals surface area contributed by atoms with E-state index in [1.54, 1.807) is 19.2 Å². The number of hydrogen-bond donors (Lipinski definition) is 0. The zero-order chi connectivity index (χ0) is 13.6. The van der Waals surface area contributed by atoms with Crippen molar-refractivity contribution in [3.8, 4) is 5.75 Å². The molecular formula is C12H13F3O2S. The number of thioether (sulfide) groups is 1. The highest BCUT2D eigenvalue weighted by atomic mass is 32.2. The summed E-state index contributed by atoms with van der Waals surface area (Å²) in [6.45, 7) is 0. The molecule has 100 valence electrons. The number of halogens is 3. The summed E-state index contributed by atoms with van der Waals surface area (Å²) >= 11 is 0.992. The fourth-order valence-electron chi connectivity index (χ4n) is 1.23. The molecule has 0 saturated heterocycles. The van der Waals surface area contributed by atoms with Crippen molar-refractivity contribution in [2.24, 2.45) is 0 Å². The summed E-state index contributed by atoms with van der Waals surface area (Å²) in [4.78, 5) is 10.6. The van der Waals surface area contributed by atoms with Gasteiger partial charge in [0.05, 0.1) is 12.9 Å². The van der Waals surface area contributed by atoms with Crippen molar-refractivity contribution < 1.29 is 22.7 Å². The van der Waals surface area contributed by atoms with Crippen molar-refractivity contribution >= 4 is 17.5 Å². The molecule has 18 heavy (non-hydrogen) atoms. The summed E-state index contributed by atoms with van der Waals surface area (Å²) in [7, 11) is 1.56. The summed E-state index contributed by atoms with van der Waals surface area (Å²) in [6.07, 6.45) is -4.09. The molecule has 0 aliphatic heterocycles. The molecule has 6 heteroatoms. The molecule has 0 aliphatic rings.